The minimum absolute atomic E-state index is 0.349. The first-order valence-electron chi connectivity index (χ1n) is 9.89. The van der Waals surface area contributed by atoms with Gasteiger partial charge < -0.3 is 14.8 Å². The van der Waals surface area contributed by atoms with E-state index < -0.39 is 23.4 Å². The number of carbonyl (C=O) groups is 2. The van der Waals surface area contributed by atoms with E-state index in [1.54, 1.807) is 0 Å². The highest BCUT2D eigenvalue weighted by atomic mass is 16.6. The highest BCUT2D eigenvalue weighted by Crippen LogP contribution is 2.45. The molecule has 0 saturated carbocycles. The van der Waals surface area contributed by atoms with Crippen molar-refractivity contribution in [3.05, 3.63) is 71.8 Å². The quantitative estimate of drug-likeness (QED) is 0.807. The van der Waals surface area contributed by atoms with Crippen molar-refractivity contribution in [2.24, 2.45) is 0 Å². The first-order chi connectivity index (χ1) is 13.8. The molecular weight excluding hydrogens is 368 g/mol. The summed E-state index contributed by atoms with van der Waals surface area (Å²) in [7, 11) is 0. The number of carbonyl (C=O) groups excluding carboxylic acids is 2. The number of hydrogen-bond acceptors (Lipinski definition) is 6. The van der Waals surface area contributed by atoms with Gasteiger partial charge in [-0.25, -0.2) is 4.90 Å². The summed E-state index contributed by atoms with van der Waals surface area (Å²) in [6, 6.07) is 17.9. The topological polar surface area (TPSA) is 67.9 Å². The highest BCUT2D eigenvalue weighted by molar-refractivity contribution is 5.84. The number of nitrogens with zero attached hydrogens (tertiary/aromatic N) is 1. The van der Waals surface area contributed by atoms with E-state index in [1.165, 1.54) is 0 Å². The summed E-state index contributed by atoms with van der Waals surface area (Å²) >= 11 is 0. The zero-order chi connectivity index (χ0) is 20.6. The maximum Gasteiger partial charge on any atom is 0.327 e. The van der Waals surface area contributed by atoms with Crippen molar-refractivity contribution in [3.8, 4) is 0 Å². The molecule has 2 atom stereocenters. The second-order valence-electron chi connectivity index (χ2n) is 8.43. The Bertz CT molecular complexity index is 853. The van der Waals surface area contributed by atoms with Crippen LogP contribution in [0.4, 0.5) is 0 Å². The predicted molar refractivity (Wildman–Crippen MR) is 108 cm³/mol. The Labute approximate surface area is 170 Å². The van der Waals surface area contributed by atoms with E-state index in [4.69, 9.17) is 9.47 Å². The van der Waals surface area contributed by atoms with Crippen LogP contribution in [0.25, 0.3) is 0 Å². The molecular formula is C23H26N2O4. The first-order valence-corrected chi connectivity index (χ1v) is 9.89. The molecule has 0 radical (unpaired) electrons. The monoisotopic (exact) mass is 394 g/mol. The summed E-state index contributed by atoms with van der Waals surface area (Å²) in [5.74, 6) is -0.720. The standard InChI is InChI=1S/C23H26N2O4/c1-22(2,3)28-20(26)18-14-24-15-19-21(27)29-23(25(18)19,16-10-6-4-7-11-16)17-12-8-5-9-13-17/h4-13,18-19,24H,14-15H2,1-3H3. The second kappa shape index (κ2) is 7.28. The van der Waals surface area contributed by atoms with Crippen LogP contribution in [0.15, 0.2) is 60.7 Å². The molecule has 152 valence electrons. The van der Waals surface area contributed by atoms with Crippen LogP contribution in [0.1, 0.15) is 31.9 Å². The minimum Gasteiger partial charge on any atom is -0.459 e. The van der Waals surface area contributed by atoms with Crippen molar-refractivity contribution in [2.45, 2.75) is 44.2 Å². The van der Waals surface area contributed by atoms with Gasteiger partial charge in [0.15, 0.2) is 0 Å². The summed E-state index contributed by atoms with van der Waals surface area (Å²) in [6.07, 6.45) is 0. The molecule has 2 saturated heterocycles. The van der Waals surface area contributed by atoms with E-state index in [9.17, 15) is 9.59 Å². The van der Waals surface area contributed by atoms with Crippen molar-refractivity contribution < 1.29 is 19.1 Å². The normalized spacial score (nSPS) is 23.9. The second-order valence-corrected chi connectivity index (χ2v) is 8.43. The molecule has 2 aliphatic rings. The van der Waals surface area contributed by atoms with Crippen molar-refractivity contribution in [1.29, 1.82) is 0 Å². The van der Waals surface area contributed by atoms with Gasteiger partial charge in [0.25, 0.3) is 0 Å². The van der Waals surface area contributed by atoms with Crippen LogP contribution in [0, 0.1) is 0 Å². The Morgan fingerprint density at radius 2 is 1.59 bits per heavy atom. The van der Waals surface area contributed by atoms with E-state index in [1.807, 2.05) is 86.3 Å². The van der Waals surface area contributed by atoms with Crippen LogP contribution < -0.4 is 5.32 Å². The van der Waals surface area contributed by atoms with Crippen LogP contribution in [-0.2, 0) is 24.8 Å². The summed E-state index contributed by atoms with van der Waals surface area (Å²) in [5, 5.41) is 3.20. The van der Waals surface area contributed by atoms with Gasteiger partial charge in [0.05, 0.1) is 0 Å². The zero-order valence-corrected chi connectivity index (χ0v) is 16.9. The van der Waals surface area contributed by atoms with Crippen LogP contribution in [-0.4, -0.2) is 47.6 Å². The van der Waals surface area contributed by atoms with Gasteiger partial charge in [0.1, 0.15) is 17.7 Å². The van der Waals surface area contributed by atoms with Crippen LogP contribution in [0.2, 0.25) is 0 Å². The Morgan fingerprint density at radius 1 is 1.03 bits per heavy atom. The van der Waals surface area contributed by atoms with Crippen molar-refractivity contribution in [3.63, 3.8) is 0 Å². The molecule has 0 aliphatic carbocycles. The Hall–Kier alpha value is -2.70. The maximum absolute atomic E-state index is 13.1. The van der Waals surface area contributed by atoms with Crippen LogP contribution >= 0.6 is 0 Å². The number of nitrogens with one attached hydrogen (secondary N) is 1. The fraction of sp³-hybridized carbons (Fsp3) is 0.391. The lowest BCUT2D eigenvalue weighted by Gasteiger charge is -2.44. The van der Waals surface area contributed by atoms with Gasteiger partial charge in [0, 0.05) is 24.2 Å². The van der Waals surface area contributed by atoms with Gasteiger partial charge in [-0.3, -0.25) is 9.59 Å². The molecule has 6 heteroatoms. The third kappa shape index (κ3) is 3.43. The minimum atomic E-state index is -1.19. The lowest BCUT2D eigenvalue weighted by molar-refractivity contribution is -0.172. The molecule has 2 unspecified atom stereocenters. The lowest BCUT2D eigenvalue weighted by Crippen LogP contribution is -2.64. The third-order valence-corrected chi connectivity index (χ3v) is 5.24. The van der Waals surface area contributed by atoms with Gasteiger partial charge in [-0.05, 0) is 20.8 Å². The van der Waals surface area contributed by atoms with Crippen molar-refractivity contribution in [1.82, 2.24) is 10.2 Å². The molecule has 2 aromatic carbocycles. The van der Waals surface area contributed by atoms with Gasteiger partial charge in [-0.15, -0.1) is 0 Å². The summed E-state index contributed by atoms with van der Waals surface area (Å²) in [4.78, 5) is 28.0. The number of ether oxygens (including phenoxy) is 2. The number of esters is 2. The van der Waals surface area contributed by atoms with Gasteiger partial charge in [-0.1, -0.05) is 60.7 Å². The molecule has 29 heavy (non-hydrogen) atoms. The SMILES string of the molecule is CC(C)(C)OC(=O)C1CNCC2C(=O)OC(c3ccccc3)(c3ccccc3)N12. The third-order valence-electron chi connectivity index (χ3n) is 5.24. The highest BCUT2D eigenvalue weighted by Gasteiger charge is 2.61. The largest absolute Gasteiger partial charge is 0.459 e. The maximum atomic E-state index is 13.1. The molecule has 2 aliphatic heterocycles. The fourth-order valence-corrected chi connectivity index (χ4v) is 4.15. The number of fused-ring (bicyclic) bond motifs is 1. The molecule has 0 amide bonds. The Balaban J connectivity index is 1.88. The Kier molecular flexibility index (Phi) is 4.92. The average molecular weight is 394 g/mol. The predicted octanol–water partition coefficient (Wildman–Crippen LogP) is 2.43. The van der Waals surface area contributed by atoms with E-state index in [2.05, 4.69) is 5.32 Å². The molecule has 0 bridgehead atoms. The molecule has 6 nitrogen and oxygen atoms in total. The van der Waals surface area contributed by atoms with Gasteiger partial charge >= 0.3 is 11.9 Å². The van der Waals surface area contributed by atoms with Crippen molar-refractivity contribution >= 4 is 11.9 Å². The summed E-state index contributed by atoms with van der Waals surface area (Å²) in [5.41, 5.74) is -0.208. The van der Waals surface area contributed by atoms with E-state index in [-0.39, 0.29) is 11.9 Å². The summed E-state index contributed by atoms with van der Waals surface area (Å²) < 4.78 is 11.8. The molecule has 2 aromatic rings. The van der Waals surface area contributed by atoms with Crippen LogP contribution in [0.3, 0.4) is 0 Å². The first kappa shape index (κ1) is 19.6. The van der Waals surface area contributed by atoms with Crippen LogP contribution in [0.5, 0.6) is 0 Å². The zero-order valence-electron chi connectivity index (χ0n) is 16.9. The van der Waals surface area contributed by atoms with E-state index in [0.29, 0.717) is 13.1 Å². The molecule has 1 N–H and O–H groups in total. The molecule has 2 heterocycles. The summed E-state index contributed by atoms with van der Waals surface area (Å²) in [6.45, 7) is 6.31. The Morgan fingerprint density at radius 3 is 2.10 bits per heavy atom. The van der Waals surface area contributed by atoms with E-state index in [0.717, 1.165) is 11.1 Å². The number of cyclic esters (lactones) is 1. The van der Waals surface area contributed by atoms with Crippen molar-refractivity contribution in [2.75, 3.05) is 13.1 Å². The number of benzene rings is 2. The lowest BCUT2D eigenvalue weighted by atomic mass is 9.90. The molecule has 0 spiro atoms. The average Bonchev–Trinajstić information content (AvgIpc) is 3.02. The smallest absolute Gasteiger partial charge is 0.327 e. The molecule has 4 rings (SSSR count). The number of hydrogen-bond donors (Lipinski definition) is 1. The van der Waals surface area contributed by atoms with Gasteiger partial charge in [0.2, 0.25) is 5.72 Å². The fourth-order valence-electron chi connectivity index (χ4n) is 4.15. The number of piperazine rings is 1. The number of rotatable bonds is 3. The molecule has 0 aromatic heterocycles. The van der Waals surface area contributed by atoms with E-state index >= 15 is 0 Å². The van der Waals surface area contributed by atoms with Gasteiger partial charge in [-0.2, -0.15) is 0 Å². The molecule has 2 fully saturated rings.